The number of nitrogens with two attached hydrogens (primary N) is 2. The van der Waals surface area contributed by atoms with Crippen LogP contribution in [-0.4, -0.2) is 27.2 Å². The maximum absolute atomic E-state index is 11.0. The van der Waals surface area contributed by atoms with E-state index in [0.29, 0.717) is 35.6 Å². The van der Waals surface area contributed by atoms with Gasteiger partial charge in [0.2, 0.25) is 11.8 Å². The first-order chi connectivity index (χ1) is 16.7. The van der Waals surface area contributed by atoms with Crippen LogP contribution in [-0.2, 0) is 4.79 Å². The van der Waals surface area contributed by atoms with Gasteiger partial charge in [0.25, 0.3) is 0 Å². The summed E-state index contributed by atoms with van der Waals surface area (Å²) >= 11 is 0. The molecule has 0 atom stereocenters. The number of nitrogens with zero attached hydrogens (tertiary/aromatic N) is 3. The van der Waals surface area contributed by atoms with Gasteiger partial charge < -0.3 is 16.2 Å². The van der Waals surface area contributed by atoms with Crippen molar-refractivity contribution in [1.82, 2.24) is 9.97 Å². The average molecular weight is 482 g/mol. The zero-order valence-corrected chi connectivity index (χ0v) is 22.3. The van der Waals surface area contributed by atoms with Crippen LogP contribution < -0.4 is 16.2 Å². The SMILES string of the molecule is CC.CC1(C)Oc2ncnc(N)c2N=C1c1ccc(C2CCC(CCC(N)=O)CC2)cc1.CCC. The summed E-state index contributed by atoms with van der Waals surface area (Å²) < 4.78 is 6.07. The molecular weight excluding hydrogens is 438 g/mol. The number of carbonyl (C=O) groups excluding carboxylic acids is 1. The maximum Gasteiger partial charge on any atom is 0.246 e. The molecule has 0 unspecified atom stereocenters. The van der Waals surface area contributed by atoms with E-state index < -0.39 is 5.60 Å². The number of benzene rings is 1. The number of aromatic nitrogens is 2. The van der Waals surface area contributed by atoms with Crippen LogP contribution in [0.5, 0.6) is 5.88 Å². The number of aliphatic imine (C=N–C) groups is 1. The smallest absolute Gasteiger partial charge is 0.246 e. The van der Waals surface area contributed by atoms with Crippen molar-refractivity contribution in [1.29, 1.82) is 0 Å². The number of rotatable bonds is 5. The lowest BCUT2D eigenvalue weighted by Crippen LogP contribution is -2.41. The molecular formula is C28H43N5O2. The lowest BCUT2D eigenvalue weighted by Gasteiger charge is -2.32. The Bertz CT molecular complexity index is 977. The number of nitrogen functional groups attached to an aromatic ring is 1. The molecule has 1 aromatic carbocycles. The van der Waals surface area contributed by atoms with Gasteiger partial charge in [-0.2, -0.15) is 4.98 Å². The number of carbonyl (C=O) groups is 1. The average Bonchev–Trinajstić information content (AvgIpc) is 2.84. The minimum absolute atomic E-state index is 0.193. The van der Waals surface area contributed by atoms with Gasteiger partial charge in [0.05, 0.1) is 5.71 Å². The summed E-state index contributed by atoms with van der Waals surface area (Å²) in [4.78, 5) is 24.0. The molecule has 4 N–H and O–H groups in total. The lowest BCUT2D eigenvalue weighted by molar-refractivity contribution is -0.118. The first-order valence-corrected chi connectivity index (χ1v) is 13.0. The molecule has 0 spiro atoms. The lowest BCUT2D eigenvalue weighted by atomic mass is 9.77. The Hall–Kier alpha value is -2.96. The second-order valence-electron chi connectivity index (χ2n) is 9.54. The van der Waals surface area contributed by atoms with Crippen molar-refractivity contribution in [3.63, 3.8) is 0 Å². The van der Waals surface area contributed by atoms with E-state index in [-0.39, 0.29) is 5.91 Å². The van der Waals surface area contributed by atoms with Crippen LogP contribution in [0.2, 0.25) is 0 Å². The number of amides is 1. The van der Waals surface area contributed by atoms with E-state index in [1.807, 2.05) is 27.7 Å². The molecule has 2 aliphatic rings. The Kier molecular flexibility index (Phi) is 10.7. The van der Waals surface area contributed by atoms with Gasteiger partial charge in [-0.1, -0.05) is 58.4 Å². The molecule has 1 aromatic heterocycles. The van der Waals surface area contributed by atoms with Crippen LogP contribution in [0.25, 0.3) is 0 Å². The fraction of sp³-hybridized carbons (Fsp3) is 0.571. The first kappa shape index (κ1) is 28.3. The third-order valence-corrected chi connectivity index (χ3v) is 6.26. The van der Waals surface area contributed by atoms with Crippen LogP contribution >= 0.6 is 0 Å². The molecule has 0 saturated heterocycles. The standard InChI is InChI=1S/C23H29N5O2.C3H8.C2H6/c1-23(2)20(28-19-21(25)26-13-27-22(19)30-23)17-10-8-16(9-11-17)15-6-3-14(4-7-15)5-12-18(24)29;1-3-2;1-2/h8-11,13-15H,3-7,12H2,1-2H3,(H2,24,29)(H2,25,26,27);3H2,1-2H3;1-2H3. The number of anilines is 1. The molecule has 1 aliphatic carbocycles. The molecule has 7 heteroatoms. The third kappa shape index (κ3) is 7.51. The van der Waals surface area contributed by atoms with Gasteiger partial charge in [0.15, 0.2) is 11.5 Å². The van der Waals surface area contributed by atoms with Crippen molar-refractivity contribution in [2.24, 2.45) is 16.6 Å². The van der Waals surface area contributed by atoms with Gasteiger partial charge in [0, 0.05) is 12.0 Å². The minimum atomic E-state index is -0.617. The van der Waals surface area contributed by atoms with E-state index in [4.69, 9.17) is 21.2 Å². The number of ether oxygens (including phenoxy) is 1. The molecule has 2 aromatic rings. The molecule has 0 radical (unpaired) electrons. The van der Waals surface area contributed by atoms with Crippen LogP contribution in [0.4, 0.5) is 11.5 Å². The van der Waals surface area contributed by atoms with Crippen LogP contribution in [0.1, 0.15) is 104 Å². The van der Waals surface area contributed by atoms with Crippen molar-refractivity contribution < 1.29 is 9.53 Å². The summed E-state index contributed by atoms with van der Waals surface area (Å²) in [5.41, 5.74) is 14.3. The van der Waals surface area contributed by atoms with E-state index in [9.17, 15) is 4.79 Å². The number of fused-ring (bicyclic) bond motifs is 1. The summed E-state index contributed by atoms with van der Waals surface area (Å²) in [7, 11) is 0. The zero-order chi connectivity index (χ0) is 26.0. The van der Waals surface area contributed by atoms with Gasteiger partial charge in [-0.15, -0.1) is 0 Å². The van der Waals surface area contributed by atoms with Gasteiger partial charge in [0.1, 0.15) is 11.9 Å². The number of hydrogen-bond donors (Lipinski definition) is 2. The Balaban J connectivity index is 0.000000803. The van der Waals surface area contributed by atoms with Crippen LogP contribution in [0.15, 0.2) is 35.6 Å². The molecule has 1 amide bonds. The van der Waals surface area contributed by atoms with Gasteiger partial charge in [-0.05, 0) is 63.4 Å². The largest absolute Gasteiger partial charge is 0.463 e. The fourth-order valence-corrected chi connectivity index (χ4v) is 4.55. The number of hydrogen-bond acceptors (Lipinski definition) is 6. The van der Waals surface area contributed by atoms with E-state index in [1.54, 1.807) is 0 Å². The predicted molar refractivity (Wildman–Crippen MR) is 144 cm³/mol. The third-order valence-electron chi connectivity index (χ3n) is 6.26. The van der Waals surface area contributed by atoms with Crippen molar-refractivity contribution in [2.45, 2.75) is 98.0 Å². The van der Waals surface area contributed by atoms with Crippen LogP contribution in [0, 0.1) is 5.92 Å². The normalized spacial score (nSPS) is 20.0. The fourth-order valence-electron chi connectivity index (χ4n) is 4.55. The molecule has 7 nitrogen and oxygen atoms in total. The van der Waals surface area contributed by atoms with E-state index in [1.165, 1.54) is 18.3 Å². The van der Waals surface area contributed by atoms with Crippen molar-refractivity contribution in [3.8, 4) is 5.88 Å². The highest BCUT2D eigenvalue weighted by Crippen LogP contribution is 2.40. The van der Waals surface area contributed by atoms with Gasteiger partial charge >= 0.3 is 0 Å². The summed E-state index contributed by atoms with van der Waals surface area (Å²) in [6, 6.07) is 8.62. The molecule has 1 aliphatic heterocycles. The highest BCUT2D eigenvalue weighted by molar-refractivity contribution is 6.09. The topological polar surface area (TPSA) is 116 Å². The maximum atomic E-state index is 11.0. The summed E-state index contributed by atoms with van der Waals surface area (Å²) in [6.45, 7) is 12.2. The van der Waals surface area contributed by atoms with E-state index in [0.717, 1.165) is 43.4 Å². The number of primary amides is 1. The molecule has 0 bridgehead atoms. The Labute approximate surface area is 210 Å². The summed E-state index contributed by atoms with van der Waals surface area (Å²) in [6.07, 6.45) is 8.68. The van der Waals surface area contributed by atoms with Gasteiger partial charge in [-0.3, -0.25) is 4.79 Å². The molecule has 2 heterocycles. The Morgan fingerprint density at radius 1 is 1.06 bits per heavy atom. The first-order valence-electron chi connectivity index (χ1n) is 13.0. The van der Waals surface area contributed by atoms with Crippen molar-refractivity contribution in [3.05, 3.63) is 41.7 Å². The van der Waals surface area contributed by atoms with E-state index in [2.05, 4.69) is 48.1 Å². The Morgan fingerprint density at radius 3 is 2.23 bits per heavy atom. The molecule has 192 valence electrons. The minimum Gasteiger partial charge on any atom is -0.463 e. The highest BCUT2D eigenvalue weighted by Gasteiger charge is 2.35. The van der Waals surface area contributed by atoms with Gasteiger partial charge in [-0.25, -0.2) is 9.98 Å². The molecule has 1 fully saturated rings. The molecule has 4 rings (SSSR count). The molecule has 35 heavy (non-hydrogen) atoms. The highest BCUT2D eigenvalue weighted by atomic mass is 16.5. The van der Waals surface area contributed by atoms with Crippen molar-refractivity contribution >= 4 is 23.1 Å². The van der Waals surface area contributed by atoms with E-state index >= 15 is 0 Å². The predicted octanol–water partition coefficient (Wildman–Crippen LogP) is 6.33. The second-order valence-corrected chi connectivity index (χ2v) is 9.54. The molecule has 1 saturated carbocycles. The monoisotopic (exact) mass is 481 g/mol. The van der Waals surface area contributed by atoms with Crippen molar-refractivity contribution in [2.75, 3.05) is 5.73 Å². The zero-order valence-electron chi connectivity index (χ0n) is 22.3. The summed E-state index contributed by atoms with van der Waals surface area (Å²) in [5, 5.41) is 0. The van der Waals surface area contributed by atoms with Crippen LogP contribution in [0.3, 0.4) is 0 Å². The quantitative estimate of drug-likeness (QED) is 0.517. The Morgan fingerprint density at radius 2 is 1.66 bits per heavy atom. The second kappa shape index (κ2) is 13.2. The summed E-state index contributed by atoms with van der Waals surface area (Å²) in [5.74, 6) is 1.72.